The number of amides is 2. The third-order valence-electron chi connectivity index (χ3n) is 3.68. The standard InChI is InChI=1S/C17H15ClN2O5S/c18-11-4-1-2-7-14(11)26(23,24)9-8-15(21)19-12-5-3-6-13-17(12)25-10-16(22)20-13/h1-7H,8-10H2,(H,19,21)(H,20,22). The van der Waals surface area contributed by atoms with Crippen LogP contribution in [-0.4, -0.2) is 32.6 Å². The minimum Gasteiger partial charge on any atom is -0.479 e. The van der Waals surface area contributed by atoms with Gasteiger partial charge in [0.1, 0.15) is 0 Å². The van der Waals surface area contributed by atoms with E-state index in [1.54, 1.807) is 30.3 Å². The van der Waals surface area contributed by atoms with Gasteiger partial charge in [-0.15, -0.1) is 0 Å². The van der Waals surface area contributed by atoms with E-state index in [-0.39, 0.29) is 34.6 Å². The number of carbonyl (C=O) groups excluding carboxylic acids is 2. The van der Waals surface area contributed by atoms with Crippen molar-refractivity contribution in [1.82, 2.24) is 0 Å². The van der Waals surface area contributed by atoms with Crippen molar-refractivity contribution < 1.29 is 22.7 Å². The quantitative estimate of drug-likeness (QED) is 0.811. The van der Waals surface area contributed by atoms with Crippen LogP contribution >= 0.6 is 11.6 Å². The third kappa shape index (κ3) is 3.97. The molecule has 0 aliphatic carbocycles. The molecule has 1 heterocycles. The molecule has 0 saturated carbocycles. The summed E-state index contributed by atoms with van der Waals surface area (Å²) in [5.74, 6) is -0.814. The van der Waals surface area contributed by atoms with Gasteiger partial charge in [0.05, 0.1) is 27.0 Å². The van der Waals surface area contributed by atoms with Gasteiger partial charge >= 0.3 is 0 Å². The lowest BCUT2D eigenvalue weighted by atomic mass is 10.2. The van der Waals surface area contributed by atoms with Crippen molar-refractivity contribution in [3.63, 3.8) is 0 Å². The van der Waals surface area contributed by atoms with Gasteiger partial charge in [0.2, 0.25) is 5.91 Å². The summed E-state index contributed by atoms with van der Waals surface area (Å²) in [7, 11) is -3.68. The molecule has 7 nitrogen and oxygen atoms in total. The van der Waals surface area contributed by atoms with Crippen LogP contribution in [0.15, 0.2) is 47.4 Å². The Balaban J connectivity index is 1.68. The minimum atomic E-state index is -3.68. The van der Waals surface area contributed by atoms with Crippen LogP contribution in [0.2, 0.25) is 5.02 Å². The SMILES string of the molecule is O=C(CCS(=O)(=O)c1ccccc1Cl)Nc1cccc2c1OCC(=O)N2. The molecular formula is C17H15ClN2O5S. The molecule has 0 fully saturated rings. The number of ether oxygens (including phenoxy) is 1. The van der Waals surface area contributed by atoms with Crippen LogP contribution in [0.1, 0.15) is 6.42 Å². The molecule has 0 unspecified atom stereocenters. The van der Waals surface area contributed by atoms with Gasteiger partial charge in [-0.25, -0.2) is 8.42 Å². The molecular weight excluding hydrogens is 380 g/mol. The molecule has 2 aromatic rings. The Kier molecular flexibility index (Phi) is 5.15. The van der Waals surface area contributed by atoms with Crippen molar-refractivity contribution in [3.8, 4) is 5.75 Å². The largest absolute Gasteiger partial charge is 0.479 e. The van der Waals surface area contributed by atoms with Crippen LogP contribution in [-0.2, 0) is 19.4 Å². The molecule has 0 atom stereocenters. The Labute approximate surface area is 155 Å². The maximum atomic E-state index is 12.3. The topological polar surface area (TPSA) is 102 Å². The summed E-state index contributed by atoms with van der Waals surface area (Å²) in [6, 6.07) is 11.0. The van der Waals surface area contributed by atoms with E-state index in [2.05, 4.69) is 10.6 Å². The fourth-order valence-electron chi connectivity index (χ4n) is 2.46. The average molecular weight is 395 g/mol. The predicted molar refractivity (Wildman–Crippen MR) is 97.3 cm³/mol. The Hall–Kier alpha value is -2.58. The molecule has 1 aliphatic rings. The number of nitrogens with one attached hydrogen (secondary N) is 2. The number of rotatable bonds is 5. The van der Waals surface area contributed by atoms with Gasteiger partial charge in [0.15, 0.2) is 22.2 Å². The fourth-order valence-corrected chi connectivity index (χ4v) is 4.27. The van der Waals surface area contributed by atoms with Gasteiger partial charge in [-0.1, -0.05) is 29.8 Å². The van der Waals surface area contributed by atoms with E-state index in [4.69, 9.17) is 16.3 Å². The maximum Gasteiger partial charge on any atom is 0.262 e. The van der Waals surface area contributed by atoms with E-state index >= 15 is 0 Å². The minimum absolute atomic E-state index is 0.00222. The number of carbonyl (C=O) groups is 2. The van der Waals surface area contributed by atoms with Crippen LogP contribution in [0.25, 0.3) is 0 Å². The predicted octanol–water partition coefficient (Wildman–Crippen LogP) is 2.47. The third-order valence-corrected chi connectivity index (χ3v) is 5.89. The molecule has 1 aliphatic heterocycles. The van der Waals surface area contributed by atoms with Crippen LogP contribution < -0.4 is 15.4 Å². The van der Waals surface area contributed by atoms with E-state index in [1.165, 1.54) is 12.1 Å². The first-order valence-corrected chi connectivity index (χ1v) is 9.72. The summed E-state index contributed by atoms with van der Waals surface area (Å²) in [4.78, 5) is 23.5. The van der Waals surface area contributed by atoms with E-state index < -0.39 is 15.7 Å². The highest BCUT2D eigenvalue weighted by Crippen LogP contribution is 2.35. The molecule has 0 radical (unpaired) electrons. The zero-order valence-corrected chi connectivity index (χ0v) is 15.1. The lowest BCUT2D eigenvalue weighted by Gasteiger charge is -2.20. The summed E-state index contributed by atoms with van der Waals surface area (Å²) in [5, 5.41) is 5.36. The van der Waals surface area contributed by atoms with E-state index in [0.717, 1.165) is 0 Å². The second-order valence-corrected chi connectivity index (χ2v) is 8.05. The number of sulfone groups is 1. The zero-order valence-electron chi connectivity index (χ0n) is 13.5. The van der Waals surface area contributed by atoms with Crippen molar-refractivity contribution in [2.45, 2.75) is 11.3 Å². The number of halogens is 1. The molecule has 2 N–H and O–H groups in total. The van der Waals surface area contributed by atoms with Crippen LogP contribution in [0.3, 0.4) is 0 Å². The first kappa shape index (κ1) is 18.2. The summed E-state index contributed by atoms with van der Waals surface area (Å²) in [6.45, 7) is -0.152. The van der Waals surface area contributed by atoms with Gasteiger partial charge in [-0.3, -0.25) is 9.59 Å². The number of anilines is 2. The first-order valence-electron chi connectivity index (χ1n) is 7.69. The smallest absolute Gasteiger partial charge is 0.262 e. The molecule has 3 rings (SSSR count). The Bertz CT molecular complexity index is 975. The van der Waals surface area contributed by atoms with Crippen molar-refractivity contribution >= 4 is 44.6 Å². The van der Waals surface area contributed by atoms with Gasteiger partial charge in [0, 0.05) is 6.42 Å². The molecule has 136 valence electrons. The van der Waals surface area contributed by atoms with E-state index in [0.29, 0.717) is 17.1 Å². The molecule has 9 heteroatoms. The molecule has 0 spiro atoms. The van der Waals surface area contributed by atoms with Crippen LogP contribution in [0.4, 0.5) is 11.4 Å². The average Bonchev–Trinajstić information content (AvgIpc) is 2.60. The lowest BCUT2D eigenvalue weighted by Crippen LogP contribution is -2.26. The normalized spacial score (nSPS) is 13.3. The fraction of sp³-hybridized carbons (Fsp3) is 0.176. The summed E-state index contributed by atoms with van der Waals surface area (Å²) < 4.78 is 30.0. The second-order valence-electron chi connectivity index (χ2n) is 5.57. The number of benzene rings is 2. The summed E-state index contributed by atoms with van der Waals surface area (Å²) in [6.07, 6.45) is -0.246. The molecule has 26 heavy (non-hydrogen) atoms. The number of fused-ring (bicyclic) bond motifs is 1. The van der Waals surface area contributed by atoms with Crippen molar-refractivity contribution in [3.05, 3.63) is 47.5 Å². The highest BCUT2D eigenvalue weighted by molar-refractivity contribution is 7.91. The van der Waals surface area contributed by atoms with Crippen LogP contribution in [0.5, 0.6) is 5.75 Å². The zero-order chi connectivity index (χ0) is 18.7. The molecule has 0 saturated heterocycles. The summed E-state index contributed by atoms with van der Waals surface area (Å²) >= 11 is 5.91. The van der Waals surface area contributed by atoms with Crippen molar-refractivity contribution in [2.75, 3.05) is 23.0 Å². The van der Waals surface area contributed by atoms with Crippen molar-refractivity contribution in [2.24, 2.45) is 0 Å². The molecule has 2 aromatic carbocycles. The number of hydrogen-bond acceptors (Lipinski definition) is 5. The van der Waals surface area contributed by atoms with E-state index in [1.807, 2.05) is 0 Å². The van der Waals surface area contributed by atoms with Gasteiger partial charge in [0.25, 0.3) is 5.91 Å². The van der Waals surface area contributed by atoms with Crippen molar-refractivity contribution in [1.29, 1.82) is 0 Å². The van der Waals surface area contributed by atoms with Gasteiger partial charge in [-0.2, -0.15) is 0 Å². The first-order chi connectivity index (χ1) is 12.4. The highest BCUT2D eigenvalue weighted by Gasteiger charge is 2.22. The number of hydrogen-bond donors (Lipinski definition) is 2. The summed E-state index contributed by atoms with van der Waals surface area (Å²) in [5.41, 5.74) is 0.811. The van der Waals surface area contributed by atoms with Gasteiger partial charge < -0.3 is 15.4 Å². The number of para-hydroxylation sites is 1. The Morgan fingerprint density at radius 3 is 2.73 bits per heavy atom. The van der Waals surface area contributed by atoms with E-state index in [9.17, 15) is 18.0 Å². The lowest BCUT2D eigenvalue weighted by molar-refractivity contribution is -0.118. The monoisotopic (exact) mass is 394 g/mol. The molecule has 0 bridgehead atoms. The molecule has 0 aromatic heterocycles. The highest BCUT2D eigenvalue weighted by atomic mass is 35.5. The van der Waals surface area contributed by atoms with Gasteiger partial charge in [-0.05, 0) is 24.3 Å². The second kappa shape index (κ2) is 7.35. The van der Waals surface area contributed by atoms with Crippen LogP contribution in [0, 0.1) is 0 Å². The Morgan fingerprint density at radius 2 is 1.96 bits per heavy atom. The molecule has 2 amide bonds. The maximum absolute atomic E-state index is 12.3. The Morgan fingerprint density at radius 1 is 1.19 bits per heavy atom.